The molecule has 1 aliphatic rings. The lowest BCUT2D eigenvalue weighted by Crippen LogP contribution is -1.89. The average Bonchev–Trinajstić information content (AvgIpc) is 2.46. The Morgan fingerprint density at radius 3 is 1.91 bits per heavy atom. The highest BCUT2D eigenvalue weighted by Gasteiger charge is 1.96. The lowest BCUT2D eigenvalue weighted by molar-refractivity contribution is 0.345. The van der Waals surface area contributed by atoms with Crippen molar-refractivity contribution in [2.75, 3.05) is 13.2 Å². The summed E-state index contributed by atoms with van der Waals surface area (Å²) in [6, 6.07) is 0. The van der Waals surface area contributed by atoms with Gasteiger partial charge < -0.3 is 4.74 Å². The number of ether oxygens (including phenoxy) is 1. The van der Waals surface area contributed by atoms with Crippen LogP contribution < -0.4 is 0 Å². The monoisotopic (exact) mass is 159 g/mol. The highest BCUT2D eigenvalue weighted by molar-refractivity contribution is 5.74. The molecule has 0 aromatic rings. The van der Waals surface area contributed by atoms with Crippen LogP contribution in [0.1, 0.15) is 41.0 Å². The zero-order valence-corrected chi connectivity index (χ0v) is 8.48. The highest BCUT2D eigenvalue weighted by atomic mass is 16.5. The van der Waals surface area contributed by atoms with Crippen molar-refractivity contribution in [3.8, 4) is 0 Å². The van der Waals surface area contributed by atoms with Gasteiger partial charge in [0.25, 0.3) is 0 Å². The van der Waals surface area contributed by atoms with Crippen molar-refractivity contribution in [2.45, 2.75) is 41.0 Å². The second kappa shape index (κ2) is 12.2. The van der Waals surface area contributed by atoms with E-state index in [2.05, 4.69) is 18.8 Å². The Bertz CT molecular complexity index is 89.6. The van der Waals surface area contributed by atoms with Crippen molar-refractivity contribution in [3.05, 3.63) is 0 Å². The third-order valence-corrected chi connectivity index (χ3v) is 0.737. The standard InChI is InChI=1S/C4H7NO.C3H8.C2H6/c1-4-5-2-3-6-4;1-3-2;1-2/h2-3H2,1H3;3H2,1-2H3;1-2H3. The van der Waals surface area contributed by atoms with Crippen LogP contribution in [0.25, 0.3) is 0 Å². The molecule has 2 heteroatoms. The Labute approximate surface area is 70.7 Å². The molecular weight excluding hydrogens is 138 g/mol. The quantitative estimate of drug-likeness (QED) is 0.532. The summed E-state index contributed by atoms with van der Waals surface area (Å²) in [5.41, 5.74) is 0. The van der Waals surface area contributed by atoms with Crippen molar-refractivity contribution in [1.29, 1.82) is 0 Å². The van der Waals surface area contributed by atoms with Gasteiger partial charge in [0.05, 0.1) is 6.54 Å². The Balaban J connectivity index is 0. The van der Waals surface area contributed by atoms with E-state index in [1.165, 1.54) is 6.42 Å². The summed E-state index contributed by atoms with van der Waals surface area (Å²) in [4.78, 5) is 3.93. The van der Waals surface area contributed by atoms with E-state index in [1.54, 1.807) is 0 Å². The Hall–Kier alpha value is -0.530. The highest BCUT2D eigenvalue weighted by Crippen LogP contribution is 1.89. The summed E-state index contributed by atoms with van der Waals surface area (Å²) in [5, 5.41) is 0. The van der Waals surface area contributed by atoms with E-state index in [0.717, 1.165) is 19.0 Å². The molecule has 1 aliphatic heterocycles. The third kappa shape index (κ3) is 12.6. The minimum atomic E-state index is 0.784. The predicted molar refractivity (Wildman–Crippen MR) is 51.2 cm³/mol. The van der Waals surface area contributed by atoms with Gasteiger partial charge in [0.2, 0.25) is 0 Å². The maximum atomic E-state index is 4.90. The van der Waals surface area contributed by atoms with Crippen LogP contribution in [0.4, 0.5) is 0 Å². The molecule has 0 atom stereocenters. The molecule has 11 heavy (non-hydrogen) atoms. The van der Waals surface area contributed by atoms with Gasteiger partial charge >= 0.3 is 0 Å². The van der Waals surface area contributed by atoms with Gasteiger partial charge in [-0.25, -0.2) is 0 Å². The van der Waals surface area contributed by atoms with Crippen molar-refractivity contribution in [2.24, 2.45) is 4.99 Å². The number of hydrogen-bond donors (Lipinski definition) is 0. The predicted octanol–water partition coefficient (Wildman–Crippen LogP) is 2.88. The van der Waals surface area contributed by atoms with Gasteiger partial charge in [0.15, 0.2) is 5.90 Å². The van der Waals surface area contributed by atoms with Crippen LogP contribution in [0, 0.1) is 0 Å². The summed E-state index contributed by atoms with van der Waals surface area (Å²) in [7, 11) is 0. The van der Waals surface area contributed by atoms with E-state index in [9.17, 15) is 0 Å². The molecule has 0 N–H and O–H groups in total. The van der Waals surface area contributed by atoms with Crippen LogP contribution in [-0.2, 0) is 4.74 Å². The zero-order chi connectivity index (χ0) is 9.11. The molecule has 1 heterocycles. The molecule has 0 saturated heterocycles. The topological polar surface area (TPSA) is 21.6 Å². The molecule has 0 radical (unpaired) electrons. The summed E-state index contributed by atoms with van der Waals surface area (Å²) < 4.78 is 4.90. The van der Waals surface area contributed by atoms with E-state index in [4.69, 9.17) is 4.74 Å². The summed E-state index contributed by atoms with van der Waals surface area (Å²) in [5.74, 6) is 0.829. The molecule has 0 aromatic heterocycles. The summed E-state index contributed by atoms with van der Waals surface area (Å²) >= 11 is 0. The summed E-state index contributed by atoms with van der Waals surface area (Å²) in [6.07, 6.45) is 1.25. The fraction of sp³-hybridized carbons (Fsp3) is 0.889. The molecule has 0 spiro atoms. The lowest BCUT2D eigenvalue weighted by Gasteiger charge is -1.86. The van der Waals surface area contributed by atoms with E-state index >= 15 is 0 Å². The smallest absolute Gasteiger partial charge is 0.180 e. The van der Waals surface area contributed by atoms with Crippen molar-refractivity contribution < 1.29 is 4.74 Å². The van der Waals surface area contributed by atoms with Crippen LogP contribution in [-0.4, -0.2) is 19.0 Å². The van der Waals surface area contributed by atoms with Crippen LogP contribution in [0.2, 0.25) is 0 Å². The average molecular weight is 159 g/mol. The van der Waals surface area contributed by atoms with Gasteiger partial charge in [-0.15, -0.1) is 0 Å². The maximum absolute atomic E-state index is 4.90. The van der Waals surface area contributed by atoms with E-state index < -0.39 is 0 Å². The minimum absolute atomic E-state index is 0.784. The molecule has 0 aromatic carbocycles. The minimum Gasteiger partial charge on any atom is -0.479 e. The second-order valence-electron chi connectivity index (χ2n) is 1.96. The van der Waals surface area contributed by atoms with Gasteiger partial charge in [-0.1, -0.05) is 34.1 Å². The summed E-state index contributed by atoms with van der Waals surface area (Å²) in [6.45, 7) is 11.8. The lowest BCUT2D eigenvalue weighted by atomic mass is 10.6. The first-order valence-corrected chi connectivity index (χ1v) is 4.45. The largest absolute Gasteiger partial charge is 0.479 e. The van der Waals surface area contributed by atoms with Crippen LogP contribution in [0.5, 0.6) is 0 Å². The van der Waals surface area contributed by atoms with Gasteiger partial charge in [-0.05, 0) is 0 Å². The molecule has 0 amide bonds. The molecule has 2 nitrogen and oxygen atoms in total. The van der Waals surface area contributed by atoms with Crippen LogP contribution in [0.3, 0.4) is 0 Å². The fourth-order valence-corrected chi connectivity index (χ4v) is 0.442. The van der Waals surface area contributed by atoms with Crippen molar-refractivity contribution in [1.82, 2.24) is 0 Å². The van der Waals surface area contributed by atoms with Gasteiger partial charge in [0.1, 0.15) is 6.61 Å². The molecular formula is C9H21NO. The van der Waals surface area contributed by atoms with E-state index in [1.807, 2.05) is 20.8 Å². The van der Waals surface area contributed by atoms with Crippen LogP contribution >= 0.6 is 0 Å². The fourth-order valence-electron chi connectivity index (χ4n) is 0.442. The van der Waals surface area contributed by atoms with Crippen molar-refractivity contribution >= 4 is 5.90 Å². The Morgan fingerprint density at radius 2 is 1.82 bits per heavy atom. The second-order valence-corrected chi connectivity index (χ2v) is 1.96. The first-order chi connectivity index (χ1) is 5.31. The first-order valence-electron chi connectivity index (χ1n) is 4.45. The molecule has 0 unspecified atom stereocenters. The van der Waals surface area contributed by atoms with Gasteiger partial charge in [-0.2, -0.15) is 0 Å². The number of nitrogens with zero attached hydrogens (tertiary/aromatic N) is 1. The number of rotatable bonds is 0. The Kier molecular flexibility index (Phi) is 14.5. The van der Waals surface area contributed by atoms with E-state index in [-0.39, 0.29) is 0 Å². The normalized spacial score (nSPS) is 13.0. The molecule has 0 bridgehead atoms. The SMILES string of the molecule is CC.CC1=NCCO1.CCC. The Morgan fingerprint density at radius 1 is 1.36 bits per heavy atom. The molecule has 1 rings (SSSR count). The van der Waals surface area contributed by atoms with Crippen molar-refractivity contribution in [3.63, 3.8) is 0 Å². The third-order valence-electron chi connectivity index (χ3n) is 0.737. The van der Waals surface area contributed by atoms with Gasteiger partial charge in [-0.3, -0.25) is 4.99 Å². The molecule has 68 valence electrons. The number of aliphatic imine (C=N–C) groups is 1. The number of hydrogen-bond acceptors (Lipinski definition) is 2. The molecule has 0 fully saturated rings. The zero-order valence-electron chi connectivity index (χ0n) is 8.48. The molecule has 0 aliphatic carbocycles. The van der Waals surface area contributed by atoms with Crippen LogP contribution in [0.15, 0.2) is 4.99 Å². The first kappa shape index (κ1) is 13.1. The van der Waals surface area contributed by atoms with Gasteiger partial charge in [0, 0.05) is 6.92 Å². The molecule has 0 saturated carbocycles. The van der Waals surface area contributed by atoms with E-state index in [0.29, 0.717) is 0 Å². The maximum Gasteiger partial charge on any atom is 0.180 e.